The van der Waals surface area contributed by atoms with Crippen molar-refractivity contribution in [2.45, 2.75) is 55.9 Å². The molecule has 3 aliphatic rings. The molecule has 0 bridgehead atoms. The largest absolute Gasteiger partial charge is 0.420 e. The molecular formula is C22H24F3N5O3. The number of nitrogens with one attached hydrogen (secondary N) is 2. The van der Waals surface area contributed by atoms with E-state index >= 15 is 0 Å². The predicted molar refractivity (Wildman–Crippen MR) is 110 cm³/mol. The third-order valence-electron chi connectivity index (χ3n) is 6.50. The average Bonchev–Trinajstić information content (AvgIpc) is 3.53. The van der Waals surface area contributed by atoms with Gasteiger partial charge in [-0.2, -0.15) is 13.2 Å². The molecule has 1 amide bonds. The SMILES string of the molecule is COCC1=C(c2nnc(C3CCCC3)o2)C(=O)N2NC(C(F)(F)F)C(c3ccccc3)C2N1. The molecule has 2 aliphatic heterocycles. The summed E-state index contributed by atoms with van der Waals surface area (Å²) in [6, 6.07) is 6.38. The summed E-state index contributed by atoms with van der Waals surface area (Å²) in [6.07, 6.45) is -1.56. The van der Waals surface area contributed by atoms with Crippen LogP contribution in [0.3, 0.4) is 0 Å². The summed E-state index contributed by atoms with van der Waals surface area (Å²) in [4.78, 5) is 13.5. The summed E-state index contributed by atoms with van der Waals surface area (Å²) >= 11 is 0. The van der Waals surface area contributed by atoms with Gasteiger partial charge in [0.2, 0.25) is 5.89 Å². The number of nitrogens with zero attached hydrogens (tertiary/aromatic N) is 3. The lowest BCUT2D eigenvalue weighted by molar-refractivity contribution is -0.161. The van der Waals surface area contributed by atoms with Crippen LogP contribution in [0.5, 0.6) is 0 Å². The summed E-state index contributed by atoms with van der Waals surface area (Å²) < 4.78 is 53.1. The van der Waals surface area contributed by atoms with E-state index in [0.29, 0.717) is 17.2 Å². The van der Waals surface area contributed by atoms with Crippen LogP contribution in [-0.2, 0) is 9.53 Å². The van der Waals surface area contributed by atoms with Gasteiger partial charge in [0.25, 0.3) is 11.8 Å². The van der Waals surface area contributed by atoms with E-state index in [-0.39, 0.29) is 24.0 Å². The van der Waals surface area contributed by atoms with Crippen LogP contribution in [0, 0.1) is 0 Å². The molecule has 11 heteroatoms. The number of ether oxygens (including phenoxy) is 1. The third-order valence-corrected chi connectivity index (χ3v) is 6.50. The molecular weight excluding hydrogens is 439 g/mol. The first-order valence-electron chi connectivity index (χ1n) is 10.9. The zero-order valence-electron chi connectivity index (χ0n) is 17.9. The Balaban J connectivity index is 1.54. The minimum Gasteiger partial charge on any atom is -0.420 e. The molecule has 1 aromatic heterocycles. The normalized spacial score (nSPS) is 26.1. The van der Waals surface area contributed by atoms with E-state index < -0.39 is 30.2 Å². The lowest BCUT2D eigenvalue weighted by Crippen LogP contribution is -2.55. The summed E-state index contributed by atoms with van der Waals surface area (Å²) in [7, 11) is 1.45. The highest BCUT2D eigenvalue weighted by atomic mass is 19.4. The van der Waals surface area contributed by atoms with Gasteiger partial charge in [-0.1, -0.05) is 43.2 Å². The van der Waals surface area contributed by atoms with Crippen LogP contribution < -0.4 is 10.7 Å². The van der Waals surface area contributed by atoms with Gasteiger partial charge >= 0.3 is 6.18 Å². The highest BCUT2D eigenvalue weighted by Gasteiger charge is 2.58. The monoisotopic (exact) mass is 463 g/mol. The maximum Gasteiger partial charge on any atom is 0.406 e. The Hall–Kier alpha value is -2.92. The van der Waals surface area contributed by atoms with Gasteiger partial charge in [-0.15, -0.1) is 10.2 Å². The second-order valence-electron chi connectivity index (χ2n) is 8.56. The van der Waals surface area contributed by atoms with Crippen molar-refractivity contribution in [3.8, 4) is 0 Å². The number of hydrogen-bond acceptors (Lipinski definition) is 7. The van der Waals surface area contributed by atoms with Gasteiger partial charge in [0.1, 0.15) is 17.8 Å². The molecule has 2 aromatic rings. The first-order valence-corrected chi connectivity index (χ1v) is 10.9. The van der Waals surface area contributed by atoms with E-state index in [2.05, 4.69) is 20.9 Å². The van der Waals surface area contributed by atoms with Crippen molar-refractivity contribution in [2.75, 3.05) is 13.7 Å². The van der Waals surface area contributed by atoms with Gasteiger partial charge in [0.05, 0.1) is 18.2 Å². The first kappa shape index (κ1) is 21.9. The summed E-state index contributed by atoms with van der Waals surface area (Å²) in [5.41, 5.74) is 3.18. The Morgan fingerprint density at radius 2 is 1.91 bits per heavy atom. The smallest absolute Gasteiger partial charge is 0.406 e. The average molecular weight is 463 g/mol. The maximum absolute atomic E-state index is 14.0. The van der Waals surface area contributed by atoms with Crippen molar-refractivity contribution in [1.29, 1.82) is 0 Å². The van der Waals surface area contributed by atoms with Crippen LogP contribution in [0.2, 0.25) is 0 Å². The van der Waals surface area contributed by atoms with Gasteiger partial charge in [0, 0.05) is 13.0 Å². The van der Waals surface area contributed by atoms with Crippen molar-refractivity contribution >= 4 is 11.5 Å². The van der Waals surface area contributed by atoms with Gasteiger partial charge in [-0.05, 0) is 18.4 Å². The number of carbonyl (C=O) groups is 1. The van der Waals surface area contributed by atoms with Gasteiger partial charge in [-0.3, -0.25) is 4.79 Å². The number of carbonyl (C=O) groups excluding carboxylic acids is 1. The number of hydrogen-bond donors (Lipinski definition) is 2. The molecule has 2 fully saturated rings. The molecule has 0 radical (unpaired) electrons. The van der Waals surface area contributed by atoms with E-state index in [9.17, 15) is 18.0 Å². The van der Waals surface area contributed by atoms with Crippen molar-refractivity contribution in [3.63, 3.8) is 0 Å². The molecule has 1 aromatic carbocycles. The Morgan fingerprint density at radius 3 is 2.58 bits per heavy atom. The fourth-order valence-electron chi connectivity index (χ4n) is 4.97. The zero-order valence-corrected chi connectivity index (χ0v) is 17.9. The topological polar surface area (TPSA) is 92.5 Å². The van der Waals surface area contributed by atoms with Crippen LogP contribution in [0.4, 0.5) is 13.2 Å². The number of benzene rings is 1. The summed E-state index contributed by atoms with van der Waals surface area (Å²) in [5.74, 6) is -1.17. The maximum atomic E-state index is 14.0. The van der Waals surface area contributed by atoms with Crippen molar-refractivity contribution < 1.29 is 27.1 Å². The predicted octanol–water partition coefficient (Wildman–Crippen LogP) is 3.08. The molecule has 2 N–H and O–H groups in total. The van der Waals surface area contributed by atoms with Crippen molar-refractivity contribution in [2.24, 2.45) is 0 Å². The second-order valence-corrected chi connectivity index (χ2v) is 8.56. The van der Waals surface area contributed by atoms with Crippen LogP contribution in [-0.4, -0.2) is 53.2 Å². The minimum absolute atomic E-state index is 0.0200. The van der Waals surface area contributed by atoms with Crippen molar-refractivity contribution in [1.82, 2.24) is 25.9 Å². The number of hydrazine groups is 1. The lowest BCUT2D eigenvalue weighted by Gasteiger charge is -2.35. The number of aromatic nitrogens is 2. The van der Waals surface area contributed by atoms with E-state index in [0.717, 1.165) is 30.7 Å². The molecule has 3 heterocycles. The van der Waals surface area contributed by atoms with Gasteiger partial charge < -0.3 is 14.5 Å². The quantitative estimate of drug-likeness (QED) is 0.704. The van der Waals surface area contributed by atoms with Gasteiger partial charge in [-0.25, -0.2) is 10.4 Å². The minimum atomic E-state index is -4.58. The Morgan fingerprint density at radius 1 is 1.18 bits per heavy atom. The highest BCUT2D eigenvalue weighted by Crippen LogP contribution is 2.42. The standard InChI is InChI=1S/C22H24F3N5O3/c1-32-11-14-16(20-28-27-19(33-20)13-9-5-6-10-13)21(31)30-18(26-14)15(12-7-3-2-4-8-12)17(29-30)22(23,24)25/h2-4,7-8,13,15,17-18,26,29H,5-6,9-11H2,1H3. The molecule has 33 heavy (non-hydrogen) atoms. The molecule has 1 saturated heterocycles. The van der Waals surface area contributed by atoms with E-state index in [1.54, 1.807) is 30.3 Å². The number of alkyl halides is 3. The fraction of sp³-hybridized carbons (Fsp3) is 0.500. The Kier molecular flexibility index (Phi) is 5.61. The van der Waals surface area contributed by atoms with Crippen LogP contribution >= 0.6 is 0 Å². The molecule has 176 valence electrons. The second kappa shape index (κ2) is 8.45. The number of halogens is 3. The molecule has 0 spiro atoms. The number of amides is 1. The van der Waals surface area contributed by atoms with E-state index in [1.165, 1.54) is 7.11 Å². The molecule has 8 nitrogen and oxygen atoms in total. The number of fused-ring (bicyclic) bond motifs is 1. The molecule has 3 unspecified atom stereocenters. The fourth-order valence-corrected chi connectivity index (χ4v) is 4.97. The summed E-state index contributed by atoms with van der Waals surface area (Å²) in [6.45, 7) is -0.0231. The van der Waals surface area contributed by atoms with E-state index in [1.807, 2.05) is 0 Å². The highest BCUT2D eigenvalue weighted by molar-refractivity contribution is 6.19. The molecule has 3 atom stereocenters. The van der Waals surface area contributed by atoms with Crippen LogP contribution in [0.1, 0.15) is 54.9 Å². The molecule has 1 aliphatic carbocycles. The zero-order chi connectivity index (χ0) is 23.2. The number of methoxy groups -OCH3 is 1. The van der Waals surface area contributed by atoms with E-state index in [4.69, 9.17) is 9.15 Å². The first-order chi connectivity index (χ1) is 15.9. The third kappa shape index (κ3) is 3.89. The lowest BCUT2D eigenvalue weighted by atomic mass is 9.89. The Bertz CT molecular complexity index is 1050. The van der Waals surface area contributed by atoms with Crippen LogP contribution in [0.15, 0.2) is 40.4 Å². The molecule has 1 saturated carbocycles. The number of rotatable bonds is 5. The van der Waals surface area contributed by atoms with Gasteiger partial charge in [0.15, 0.2) is 0 Å². The Labute approximate surface area is 188 Å². The summed E-state index contributed by atoms with van der Waals surface area (Å²) in [5, 5.41) is 12.3. The van der Waals surface area contributed by atoms with Crippen LogP contribution in [0.25, 0.3) is 5.57 Å². The van der Waals surface area contributed by atoms with Crippen molar-refractivity contribution in [3.05, 3.63) is 53.4 Å². The molecule has 5 rings (SSSR count).